The van der Waals surface area contributed by atoms with E-state index in [1.807, 2.05) is 31.2 Å². The Bertz CT molecular complexity index is 1270. The number of carbonyl (C=O) groups is 2. The molecule has 3 aromatic carbocycles. The van der Waals surface area contributed by atoms with Crippen LogP contribution in [0.15, 0.2) is 76.8 Å². The highest BCUT2D eigenvalue weighted by atomic mass is 79.9. The molecule has 1 aliphatic rings. The third-order valence-electron chi connectivity index (χ3n) is 4.97. The average molecular weight is 508 g/mol. The van der Waals surface area contributed by atoms with E-state index in [0.717, 1.165) is 16.1 Å². The lowest BCUT2D eigenvalue weighted by atomic mass is 10.1. The van der Waals surface area contributed by atoms with Crippen LogP contribution in [0.3, 0.4) is 0 Å². The SMILES string of the molecule is Cc1ccc(COc2c(/C=C3/C(=O)NN(c4ccccc4)C3=O)cc(Br)cc2[N+](=O)[O-])cc1. The van der Waals surface area contributed by atoms with Gasteiger partial charge in [0.05, 0.1) is 10.6 Å². The molecule has 0 unspecified atom stereocenters. The van der Waals surface area contributed by atoms with Crippen molar-refractivity contribution in [1.82, 2.24) is 5.43 Å². The second-order valence-corrected chi connectivity index (χ2v) is 8.27. The van der Waals surface area contributed by atoms with Gasteiger partial charge in [0.1, 0.15) is 12.2 Å². The maximum absolute atomic E-state index is 12.9. The molecule has 9 heteroatoms. The number of aryl methyl sites for hydroxylation is 1. The van der Waals surface area contributed by atoms with Gasteiger partial charge in [0.2, 0.25) is 5.75 Å². The molecule has 0 saturated carbocycles. The fourth-order valence-corrected chi connectivity index (χ4v) is 3.77. The van der Waals surface area contributed by atoms with Gasteiger partial charge in [-0.25, -0.2) is 5.01 Å². The number of amides is 2. The van der Waals surface area contributed by atoms with E-state index in [-0.39, 0.29) is 29.2 Å². The summed E-state index contributed by atoms with van der Waals surface area (Å²) in [7, 11) is 0. The van der Waals surface area contributed by atoms with E-state index in [0.29, 0.717) is 10.2 Å². The fourth-order valence-electron chi connectivity index (χ4n) is 3.31. The summed E-state index contributed by atoms with van der Waals surface area (Å²) in [6.07, 6.45) is 1.31. The Morgan fingerprint density at radius 1 is 1.09 bits per heavy atom. The lowest BCUT2D eigenvalue weighted by Gasteiger charge is -2.14. The number of hydrogen-bond donors (Lipinski definition) is 1. The number of nitrogens with one attached hydrogen (secondary N) is 1. The fraction of sp³-hybridized carbons (Fsp3) is 0.0833. The highest BCUT2D eigenvalue weighted by molar-refractivity contribution is 9.10. The zero-order valence-corrected chi connectivity index (χ0v) is 19.0. The van der Waals surface area contributed by atoms with Crippen molar-refractivity contribution in [3.8, 4) is 5.75 Å². The Kier molecular flexibility index (Phi) is 6.23. The largest absolute Gasteiger partial charge is 0.482 e. The summed E-state index contributed by atoms with van der Waals surface area (Å²) in [5, 5.41) is 12.8. The number of ether oxygens (including phenoxy) is 1. The van der Waals surface area contributed by atoms with Gasteiger partial charge in [0.25, 0.3) is 11.8 Å². The van der Waals surface area contributed by atoms with Crippen LogP contribution in [-0.2, 0) is 16.2 Å². The highest BCUT2D eigenvalue weighted by Crippen LogP contribution is 2.37. The number of rotatable bonds is 6. The van der Waals surface area contributed by atoms with Crippen molar-refractivity contribution in [3.05, 3.63) is 104 Å². The first-order valence-electron chi connectivity index (χ1n) is 9.92. The first kappa shape index (κ1) is 22.2. The first-order valence-corrected chi connectivity index (χ1v) is 10.7. The van der Waals surface area contributed by atoms with E-state index in [1.54, 1.807) is 36.4 Å². The summed E-state index contributed by atoms with van der Waals surface area (Å²) in [4.78, 5) is 36.7. The second kappa shape index (κ2) is 9.25. The minimum Gasteiger partial charge on any atom is -0.482 e. The number of hydrogen-bond acceptors (Lipinski definition) is 5. The standard InChI is InChI=1S/C24H18BrN3O5/c1-15-7-9-16(10-8-15)14-33-22-17(11-18(25)13-21(22)28(31)32)12-20-23(29)26-27(24(20)30)19-5-3-2-4-6-19/h2-13H,14H2,1H3,(H,26,29)/b20-12-. The number of nitro benzene ring substituents is 1. The lowest BCUT2D eigenvalue weighted by Crippen LogP contribution is -2.35. The van der Waals surface area contributed by atoms with Crippen LogP contribution in [0.1, 0.15) is 16.7 Å². The summed E-state index contributed by atoms with van der Waals surface area (Å²) in [6, 6.07) is 19.1. The topological polar surface area (TPSA) is 102 Å². The number of para-hydroxylation sites is 1. The zero-order chi connectivity index (χ0) is 23.5. The molecule has 4 rings (SSSR count). The van der Waals surface area contributed by atoms with Gasteiger partial charge in [0, 0.05) is 16.1 Å². The molecule has 33 heavy (non-hydrogen) atoms. The van der Waals surface area contributed by atoms with Crippen LogP contribution in [0.5, 0.6) is 5.75 Å². The maximum Gasteiger partial charge on any atom is 0.312 e. The van der Waals surface area contributed by atoms with Crippen LogP contribution in [0.4, 0.5) is 11.4 Å². The van der Waals surface area contributed by atoms with Gasteiger partial charge in [-0.1, -0.05) is 64.0 Å². The molecule has 1 aliphatic heterocycles. The second-order valence-electron chi connectivity index (χ2n) is 7.35. The number of carbonyl (C=O) groups excluding carboxylic acids is 2. The normalized spacial score (nSPS) is 14.5. The van der Waals surface area contributed by atoms with Crippen LogP contribution in [0, 0.1) is 17.0 Å². The van der Waals surface area contributed by atoms with E-state index in [9.17, 15) is 19.7 Å². The molecule has 0 bridgehead atoms. The highest BCUT2D eigenvalue weighted by Gasteiger charge is 2.35. The van der Waals surface area contributed by atoms with Crippen LogP contribution >= 0.6 is 15.9 Å². The Morgan fingerprint density at radius 3 is 2.45 bits per heavy atom. The van der Waals surface area contributed by atoms with Gasteiger partial charge in [-0.2, -0.15) is 0 Å². The number of nitrogens with zero attached hydrogens (tertiary/aromatic N) is 2. The van der Waals surface area contributed by atoms with Crippen LogP contribution in [0.25, 0.3) is 6.08 Å². The van der Waals surface area contributed by atoms with E-state index >= 15 is 0 Å². The first-order chi connectivity index (χ1) is 15.8. The molecular weight excluding hydrogens is 490 g/mol. The molecule has 166 valence electrons. The molecule has 0 spiro atoms. The number of nitro groups is 1. The van der Waals surface area contributed by atoms with Crippen LogP contribution in [-0.4, -0.2) is 16.7 Å². The molecule has 0 radical (unpaired) electrons. The number of benzene rings is 3. The van der Waals surface area contributed by atoms with Crippen molar-refractivity contribution in [2.75, 3.05) is 5.01 Å². The van der Waals surface area contributed by atoms with Gasteiger partial charge >= 0.3 is 5.69 Å². The van der Waals surface area contributed by atoms with Gasteiger partial charge in [-0.3, -0.25) is 25.1 Å². The molecule has 2 amide bonds. The van der Waals surface area contributed by atoms with Crippen molar-refractivity contribution in [2.45, 2.75) is 13.5 Å². The summed E-state index contributed by atoms with van der Waals surface area (Å²) >= 11 is 3.26. The summed E-state index contributed by atoms with van der Waals surface area (Å²) in [5.74, 6) is -1.22. The maximum atomic E-state index is 12.9. The van der Waals surface area contributed by atoms with E-state index < -0.39 is 16.7 Å². The molecule has 1 saturated heterocycles. The summed E-state index contributed by atoms with van der Waals surface area (Å²) < 4.78 is 6.25. The minimum atomic E-state index is -0.615. The molecule has 0 aliphatic carbocycles. The third-order valence-corrected chi connectivity index (χ3v) is 5.43. The predicted octanol–water partition coefficient (Wildman–Crippen LogP) is 4.71. The van der Waals surface area contributed by atoms with Gasteiger partial charge in [0.15, 0.2) is 0 Å². The number of halogens is 1. The minimum absolute atomic E-state index is 0.0324. The Morgan fingerprint density at radius 2 is 1.79 bits per heavy atom. The van der Waals surface area contributed by atoms with Gasteiger partial charge in [-0.15, -0.1) is 0 Å². The number of hydrazine groups is 1. The van der Waals surface area contributed by atoms with Crippen molar-refractivity contribution in [1.29, 1.82) is 0 Å². The van der Waals surface area contributed by atoms with Crippen molar-refractivity contribution in [2.24, 2.45) is 0 Å². The monoisotopic (exact) mass is 507 g/mol. The third kappa shape index (κ3) is 4.78. The zero-order valence-electron chi connectivity index (χ0n) is 17.4. The average Bonchev–Trinajstić information content (AvgIpc) is 3.08. The van der Waals surface area contributed by atoms with Gasteiger partial charge < -0.3 is 4.74 Å². The number of anilines is 1. The van der Waals surface area contributed by atoms with E-state index in [1.165, 1.54) is 12.1 Å². The quantitative estimate of drug-likeness (QED) is 0.225. The molecular formula is C24H18BrN3O5. The van der Waals surface area contributed by atoms with E-state index in [4.69, 9.17) is 4.74 Å². The lowest BCUT2D eigenvalue weighted by molar-refractivity contribution is -0.386. The Hall–Kier alpha value is -3.98. The molecule has 8 nitrogen and oxygen atoms in total. The molecule has 1 fully saturated rings. The summed E-state index contributed by atoms with van der Waals surface area (Å²) in [6.45, 7) is 2.03. The van der Waals surface area contributed by atoms with Crippen molar-refractivity contribution >= 4 is 45.2 Å². The molecule has 1 N–H and O–H groups in total. The van der Waals surface area contributed by atoms with E-state index in [2.05, 4.69) is 21.4 Å². The van der Waals surface area contributed by atoms with Crippen molar-refractivity contribution < 1.29 is 19.2 Å². The van der Waals surface area contributed by atoms with Crippen LogP contribution < -0.4 is 15.2 Å². The molecule has 1 heterocycles. The van der Waals surface area contributed by atoms with Crippen molar-refractivity contribution in [3.63, 3.8) is 0 Å². The van der Waals surface area contributed by atoms with Gasteiger partial charge in [-0.05, 0) is 36.8 Å². The molecule has 0 aromatic heterocycles. The molecule has 0 atom stereocenters. The Balaban J connectivity index is 1.72. The summed E-state index contributed by atoms with van der Waals surface area (Å²) in [5.41, 5.74) is 4.70. The molecule has 3 aromatic rings. The Labute approximate surface area is 197 Å². The predicted molar refractivity (Wildman–Crippen MR) is 126 cm³/mol. The van der Waals surface area contributed by atoms with Crippen LogP contribution in [0.2, 0.25) is 0 Å². The smallest absolute Gasteiger partial charge is 0.312 e.